The summed E-state index contributed by atoms with van der Waals surface area (Å²) >= 11 is 0. The average molecular weight is 327 g/mol. The zero-order chi connectivity index (χ0) is 16.8. The maximum atomic E-state index is 12.9. The molecule has 0 bridgehead atoms. The SMILES string of the molecule is O=C(c1cccc2ccccc12)N1CC(c2nc3ccccc3[nH]2)C1. The minimum absolute atomic E-state index is 0.101. The molecule has 25 heavy (non-hydrogen) atoms. The number of nitrogens with zero attached hydrogens (tertiary/aromatic N) is 2. The Hall–Kier alpha value is -3.14. The third kappa shape index (κ3) is 2.30. The smallest absolute Gasteiger partial charge is 0.254 e. The highest BCUT2D eigenvalue weighted by atomic mass is 16.2. The van der Waals surface area contributed by atoms with Crippen molar-refractivity contribution in [1.82, 2.24) is 14.9 Å². The number of aromatic amines is 1. The summed E-state index contributed by atoms with van der Waals surface area (Å²) in [6, 6.07) is 22.0. The Bertz CT molecular complexity index is 1050. The Morgan fingerprint density at radius 2 is 1.72 bits per heavy atom. The highest BCUT2D eigenvalue weighted by Gasteiger charge is 2.34. The van der Waals surface area contributed by atoms with Crippen molar-refractivity contribution in [2.24, 2.45) is 0 Å². The van der Waals surface area contributed by atoms with Gasteiger partial charge in [-0.25, -0.2) is 4.98 Å². The molecule has 1 fully saturated rings. The van der Waals surface area contributed by atoms with Gasteiger partial charge in [0.2, 0.25) is 0 Å². The van der Waals surface area contributed by atoms with Crippen LogP contribution in [0.3, 0.4) is 0 Å². The number of carbonyl (C=O) groups is 1. The summed E-state index contributed by atoms with van der Waals surface area (Å²) < 4.78 is 0. The van der Waals surface area contributed by atoms with Crippen LogP contribution in [0, 0.1) is 0 Å². The first-order chi connectivity index (χ1) is 12.3. The van der Waals surface area contributed by atoms with Gasteiger partial charge in [-0.1, -0.05) is 48.5 Å². The summed E-state index contributed by atoms with van der Waals surface area (Å²) in [5, 5.41) is 2.12. The molecule has 0 atom stereocenters. The van der Waals surface area contributed by atoms with Crippen LogP contribution < -0.4 is 0 Å². The number of benzene rings is 3. The number of likely N-dealkylation sites (tertiary alicyclic amines) is 1. The fourth-order valence-corrected chi connectivity index (χ4v) is 3.57. The second-order valence-electron chi connectivity index (χ2n) is 6.57. The van der Waals surface area contributed by atoms with Crippen LogP contribution in [0.4, 0.5) is 0 Å². The predicted octanol–water partition coefficient (Wildman–Crippen LogP) is 3.96. The number of hydrogen-bond donors (Lipinski definition) is 1. The summed E-state index contributed by atoms with van der Waals surface area (Å²) in [5.74, 6) is 1.36. The van der Waals surface area contributed by atoms with Crippen LogP contribution in [0.25, 0.3) is 21.8 Å². The number of fused-ring (bicyclic) bond motifs is 2. The minimum Gasteiger partial charge on any atom is -0.342 e. The lowest BCUT2D eigenvalue weighted by molar-refractivity contribution is 0.0598. The van der Waals surface area contributed by atoms with Gasteiger partial charge < -0.3 is 9.88 Å². The molecule has 4 aromatic rings. The fraction of sp³-hybridized carbons (Fsp3) is 0.143. The van der Waals surface area contributed by atoms with Crippen molar-refractivity contribution in [1.29, 1.82) is 0 Å². The average Bonchev–Trinajstić information content (AvgIpc) is 3.03. The van der Waals surface area contributed by atoms with E-state index >= 15 is 0 Å². The third-order valence-electron chi connectivity index (χ3n) is 4.98. The third-order valence-corrected chi connectivity index (χ3v) is 4.98. The zero-order valence-corrected chi connectivity index (χ0v) is 13.6. The lowest BCUT2D eigenvalue weighted by atomic mass is 9.96. The van der Waals surface area contributed by atoms with Gasteiger partial charge in [-0.15, -0.1) is 0 Å². The first-order valence-electron chi connectivity index (χ1n) is 8.51. The van der Waals surface area contributed by atoms with Gasteiger partial charge in [-0.05, 0) is 29.0 Å². The van der Waals surface area contributed by atoms with Crippen LogP contribution in [0.1, 0.15) is 22.1 Å². The molecule has 122 valence electrons. The Morgan fingerprint density at radius 3 is 2.60 bits per heavy atom. The number of amides is 1. The number of carbonyl (C=O) groups excluding carboxylic acids is 1. The van der Waals surface area contributed by atoms with Crippen LogP contribution in [-0.2, 0) is 0 Å². The number of hydrogen-bond acceptors (Lipinski definition) is 2. The molecule has 0 aliphatic carbocycles. The van der Waals surface area contributed by atoms with Crippen LogP contribution in [-0.4, -0.2) is 33.9 Å². The lowest BCUT2D eigenvalue weighted by Gasteiger charge is -2.38. The highest BCUT2D eigenvalue weighted by molar-refractivity contribution is 6.07. The van der Waals surface area contributed by atoms with Gasteiger partial charge in [0.15, 0.2) is 0 Å². The molecular weight excluding hydrogens is 310 g/mol. The molecule has 1 aliphatic rings. The van der Waals surface area contributed by atoms with Crippen molar-refractivity contribution in [3.05, 3.63) is 78.1 Å². The quantitative estimate of drug-likeness (QED) is 0.606. The van der Waals surface area contributed by atoms with E-state index in [0.717, 1.165) is 33.2 Å². The molecule has 4 heteroatoms. The highest BCUT2D eigenvalue weighted by Crippen LogP contribution is 2.29. The topological polar surface area (TPSA) is 49.0 Å². The maximum Gasteiger partial charge on any atom is 0.254 e. The van der Waals surface area contributed by atoms with E-state index in [1.165, 1.54) is 0 Å². The van der Waals surface area contributed by atoms with E-state index in [-0.39, 0.29) is 11.8 Å². The van der Waals surface area contributed by atoms with Crippen molar-refractivity contribution >= 4 is 27.7 Å². The number of H-pyrrole nitrogens is 1. The van der Waals surface area contributed by atoms with E-state index in [2.05, 4.69) is 9.97 Å². The number of nitrogens with one attached hydrogen (secondary N) is 1. The predicted molar refractivity (Wildman–Crippen MR) is 98.7 cm³/mol. The standard InChI is InChI=1S/C21H17N3O/c25-21(17-9-5-7-14-6-1-2-8-16(14)17)24-12-15(13-24)20-22-18-10-3-4-11-19(18)23-20/h1-11,15H,12-13H2,(H,22,23). The second-order valence-corrected chi connectivity index (χ2v) is 6.57. The summed E-state index contributed by atoms with van der Waals surface area (Å²) in [6.45, 7) is 1.42. The molecule has 3 aromatic carbocycles. The molecule has 0 spiro atoms. The van der Waals surface area contributed by atoms with E-state index in [9.17, 15) is 4.79 Å². The van der Waals surface area contributed by atoms with Gasteiger partial charge in [-0.2, -0.15) is 0 Å². The van der Waals surface area contributed by atoms with Gasteiger partial charge in [0.1, 0.15) is 5.82 Å². The molecule has 0 unspecified atom stereocenters. The molecule has 0 saturated carbocycles. The molecule has 1 aliphatic heterocycles. The summed E-state index contributed by atoms with van der Waals surface area (Å²) in [5.41, 5.74) is 2.81. The van der Waals surface area contributed by atoms with Crippen LogP contribution >= 0.6 is 0 Å². The van der Waals surface area contributed by atoms with Gasteiger partial charge in [0.25, 0.3) is 5.91 Å². The normalized spacial score (nSPS) is 14.8. The molecular formula is C21H17N3O. The van der Waals surface area contributed by atoms with Crippen molar-refractivity contribution < 1.29 is 4.79 Å². The lowest BCUT2D eigenvalue weighted by Crippen LogP contribution is -2.48. The number of imidazole rings is 1. The fourth-order valence-electron chi connectivity index (χ4n) is 3.57. The number of para-hydroxylation sites is 2. The first kappa shape index (κ1) is 14.2. The van der Waals surface area contributed by atoms with Crippen LogP contribution in [0.15, 0.2) is 66.7 Å². The number of rotatable bonds is 2. The van der Waals surface area contributed by atoms with Gasteiger partial charge >= 0.3 is 0 Å². The Labute approximate surface area is 145 Å². The molecule has 1 amide bonds. The van der Waals surface area contributed by atoms with Gasteiger partial charge in [0.05, 0.1) is 17.0 Å². The summed E-state index contributed by atoms with van der Waals surface area (Å²) in [4.78, 5) is 22.8. The van der Waals surface area contributed by atoms with E-state index in [4.69, 9.17) is 0 Å². The van der Waals surface area contributed by atoms with E-state index in [0.29, 0.717) is 13.1 Å². The molecule has 5 rings (SSSR count). The monoisotopic (exact) mass is 327 g/mol. The molecule has 4 nitrogen and oxygen atoms in total. The van der Waals surface area contributed by atoms with E-state index in [1.807, 2.05) is 71.6 Å². The zero-order valence-electron chi connectivity index (χ0n) is 13.6. The minimum atomic E-state index is 0.101. The molecule has 1 aromatic heterocycles. The van der Waals surface area contributed by atoms with Crippen molar-refractivity contribution in [3.8, 4) is 0 Å². The Morgan fingerprint density at radius 1 is 0.960 bits per heavy atom. The van der Waals surface area contributed by atoms with E-state index < -0.39 is 0 Å². The first-order valence-corrected chi connectivity index (χ1v) is 8.51. The van der Waals surface area contributed by atoms with Crippen molar-refractivity contribution in [2.45, 2.75) is 5.92 Å². The molecule has 1 N–H and O–H groups in total. The van der Waals surface area contributed by atoms with Crippen molar-refractivity contribution in [2.75, 3.05) is 13.1 Å². The molecule has 0 radical (unpaired) electrons. The summed E-state index contributed by atoms with van der Waals surface area (Å²) in [7, 11) is 0. The van der Waals surface area contributed by atoms with Crippen LogP contribution in [0.5, 0.6) is 0 Å². The maximum absolute atomic E-state index is 12.9. The van der Waals surface area contributed by atoms with Gasteiger partial charge in [0, 0.05) is 18.7 Å². The summed E-state index contributed by atoms with van der Waals surface area (Å²) in [6.07, 6.45) is 0. The molecule has 2 heterocycles. The number of aromatic nitrogens is 2. The van der Waals surface area contributed by atoms with Gasteiger partial charge in [-0.3, -0.25) is 4.79 Å². The Kier molecular flexibility index (Phi) is 3.10. The van der Waals surface area contributed by atoms with Crippen LogP contribution in [0.2, 0.25) is 0 Å². The molecule has 1 saturated heterocycles. The second kappa shape index (κ2) is 5.45. The van der Waals surface area contributed by atoms with Crippen molar-refractivity contribution in [3.63, 3.8) is 0 Å². The Balaban J connectivity index is 1.38. The largest absolute Gasteiger partial charge is 0.342 e. The van der Waals surface area contributed by atoms with E-state index in [1.54, 1.807) is 0 Å².